The molecule has 0 bridgehead atoms. The Balaban J connectivity index is 1.45. The second-order valence-electron chi connectivity index (χ2n) is 8.15. The highest BCUT2D eigenvalue weighted by atomic mass is 16.8. The van der Waals surface area contributed by atoms with Crippen molar-refractivity contribution in [3.63, 3.8) is 0 Å². The van der Waals surface area contributed by atoms with Crippen LogP contribution in [-0.4, -0.2) is 62.3 Å². The van der Waals surface area contributed by atoms with E-state index in [1.165, 1.54) is 16.8 Å². The van der Waals surface area contributed by atoms with Crippen LogP contribution in [0.3, 0.4) is 0 Å². The third-order valence-corrected chi connectivity index (χ3v) is 5.53. The second-order valence-corrected chi connectivity index (χ2v) is 8.15. The SMILES string of the molecule is CCc1nccn1CC(=O)NC[C@H]1OC[C@@H](n2ccc(=O)[nH]c2=O)[C@@H]2OC(C)(C)O[C@@H]21. The van der Waals surface area contributed by atoms with Crippen molar-refractivity contribution in [1.82, 2.24) is 24.4 Å². The van der Waals surface area contributed by atoms with E-state index in [9.17, 15) is 14.4 Å². The average molecular weight is 433 g/mol. The molecule has 2 aromatic rings. The number of carbonyl (C=O) groups excluding carboxylic acids is 1. The van der Waals surface area contributed by atoms with Crippen LogP contribution in [-0.2, 0) is 32.0 Å². The zero-order chi connectivity index (χ0) is 22.2. The molecule has 0 aliphatic carbocycles. The van der Waals surface area contributed by atoms with Crippen molar-refractivity contribution in [3.8, 4) is 0 Å². The molecular weight excluding hydrogens is 406 g/mol. The van der Waals surface area contributed by atoms with Gasteiger partial charge in [0.2, 0.25) is 5.91 Å². The summed E-state index contributed by atoms with van der Waals surface area (Å²) >= 11 is 0. The van der Waals surface area contributed by atoms with Crippen molar-refractivity contribution in [2.75, 3.05) is 13.2 Å². The largest absolute Gasteiger partial charge is 0.371 e. The number of rotatable bonds is 6. The van der Waals surface area contributed by atoms with E-state index in [1.807, 2.05) is 6.92 Å². The van der Waals surface area contributed by atoms with Crippen LogP contribution in [0.1, 0.15) is 32.6 Å². The Hall–Kier alpha value is -2.76. The number of nitrogens with zero attached hydrogens (tertiary/aromatic N) is 3. The van der Waals surface area contributed by atoms with Crippen LogP contribution in [0.4, 0.5) is 0 Å². The van der Waals surface area contributed by atoms with E-state index in [4.69, 9.17) is 14.2 Å². The fourth-order valence-corrected chi connectivity index (χ4v) is 4.14. The lowest BCUT2D eigenvalue weighted by atomic mass is 9.97. The summed E-state index contributed by atoms with van der Waals surface area (Å²) in [6.45, 7) is 6.15. The van der Waals surface area contributed by atoms with Gasteiger partial charge in [-0.2, -0.15) is 0 Å². The summed E-state index contributed by atoms with van der Waals surface area (Å²) in [5.74, 6) is -0.195. The lowest BCUT2D eigenvalue weighted by molar-refractivity contribution is -0.153. The topological polar surface area (TPSA) is 129 Å². The van der Waals surface area contributed by atoms with Crippen LogP contribution < -0.4 is 16.6 Å². The van der Waals surface area contributed by atoms with Gasteiger partial charge in [0.1, 0.15) is 30.7 Å². The zero-order valence-electron chi connectivity index (χ0n) is 17.7. The van der Waals surface area contributed by atoms with Crippen molar-refractivity contribution in [2.45, 2.75) is 63.9 Å². The molecule has 0 saturated carbocycles. The number of aromatic nitrogens is 4. The Kier molecular flexibility index (Phi) is 5.82. The molecule has 4 heterocycles. The smallest absolute Gasteiger partial charge is 0.328 e. The third-order valence-electron chi connectivity index (χ3n) is 5.53. The molecule has 0 radical (unpaired) electrons. The van der Waals surface area contributed by atoms with Crippen LogP contribution in [0.5, 0.6) is 0 Å². The number of ether oxygens (including phenoxy) is 3. The minimum Gasteiger partial charge on any atom is -0.371 e. The molecule has 11 heteroatoms. The predicted molar refractivity (Wildman–Crippen MR) is 109 cm³/mol. The quantitative estimate of drug-likeness (QED) is 0.632. The van der Waals surface area contributed by atoms with Crippen LogP contribution in [0.15, 0.2) is 34.2 Å². The van der Waals surface area contributed by atoms with Gasteiger partial charge in [0, 0.05) is 37.6 Å². The number of nitrogens with one attached hydrogen (secondary N) is 2. The maximum atomic E-state index is 12.4. The molecule has 31 heavy (non-hydrogen) atoms. The fourth-order valence-electron chi connectivity index (χ4n) is 4.14. The summed E-state index contributed by atoms with van der Waals surface area (Å²) in [5, 5.41) is 2.89. The van der Waals surface area contributed by atoms with Crippen molar-refractivity contribution < 1.29 is 19.0 Å². The molecule has 0 spiro atoms. The van der Waals surface area contributed by atoms with E-state index in [0.29, 0.717) is 0 Å². The Morgan fingerprint density at radius 1 is 1.29 bits per heavy atom. The van der Waals surface area contributed by atoms with E-state index in [-0.39, 0.29) is 25.6 Å². The number of aromatic amines is 1. The normalized spacial score (nSPS) is 27.1. The van der Waals surface area contributed by atoms with Crippen molar-refractivity contribution in [2.24, 2.45) is 0 Å². The molecule has 2 N–H and O–H groups in total. The molecule has 4 rings (SSSR count). The standard InChI is InChI=1S/C20H27N5O6/c1-4-14-21-6-8-24(14)10-16(27)22-9-13-18-17(30-20(2,3)31-18)12(11-29-13)25-7-5-15(26)23-19(25)28/h5-8,12-13,17-18H,4,9-11H2,1-3H3,(H,22,27)(H,23,26,28)/t12-,13-,17+,18-/m1/s1. The van der Waals surface area contributed by atoms with Crippen LogP contribution in [0.2, 0.25) is 0 Å². The van der Waals surface area contributed by atoms with Gasteiger partial charge in [0.25, 0.3) is 5.56 Å². The third kappa shape index (κ3) is 4.48. The minimum absolute atomic E-state index is 0.162. The molecule has 0 unspecified atom stereocenters. The Morgan fingerprint density at radius 2 is 2.06 bits per heavy atom. The highest BCUT2D eigenvalue weighted by Gasteiger charge is 2.52. The van der Waals surface area contributed by atoms with Crippen molar-refractivity contribution >= 4 is 5.91 Å². The molecule has 2 aromatic heterocycles. The molecular formula is C20H27N5O6. The summed E-state index contributed by atoms with van der Waals surface area (Å²) < 4.78 is 21.3. The lowest BCUT2D eigenvalue weighted by Gasteiger charge is -2.37. The first-order chi connectivity index (χ1) is 14.8. The Bertz CT molecular complexity index is 1060. The number of amides is 1. The molecule has 0 aromatic carbocycles. The Morgan fingerprint density at radius 3 is 2.81 bits per heavy atom. The van der Waals surface area contributed by atoms with E-state index < -0.39 is 41.4 Å². The maximum Gasteiger partial charge on any atom is 0.328 e. The molecule has 2 fully saturated rings. The van der Waals surface area contributed by atoms with Gasteiger partial charge in [-0.25, -0.2) is 9.78 Å². The fraction of sp³-hybridized carbons (Fsp3) is 0.600. The number of fused-ring (bicyclic) bond motifs is 1. The summed E-state index contributed by atoms with van der Waals surface area (Å²) in [5.41, 5.74) is -1.00. The molecule has 2 saturated heterocycles. The van der Waals surface area contributed by atoms with E-state index in [2.05, 4.69) is 15.3 Å². The Labute approximate surface area is 178 Å². The van der Waals surface area contributed by atoms with Gasteiger partial charge < -0.3 is 24.1 Å². The van der Waals surface area contributed by atoms with Gasteiger partial charge in [-0.15, -0.1) is 0 Å². The summed E-state index contributed by atoms with van der Waals surface area (Å²) in [4.78, 5) is 42.6. The number of H-pyrrole nitrogens is 1. The van der Waals surface area contributed by atoms with E-state index in [1.54, 1.807) is 30.8 Å². The highest BCUT2D eigenvalue weighted by Crippen LogP contribution is 2.39. The van der Waals surface area contributed by atoms with Gasteiger partial charge >= 0.3 is 5.69 Å². The number of aryl methyl sites for hydroxylation is 1. The highest BCUT2D eigenvalue weighted by molar-refractivity contribution is 5.75. The summed E-state index contributed by atoms with van der Waals surface area (Å²) in [6, 6.07) is 0.811. The number of carbonyl (C=O) groups is 1. The van der Waals surface area contributed by atoms with Gasteiger partial charge in [0.05, 0.1) is 12.6 Å². The van der Waals surface area contributed by atoms with Gasteiger partial charge in [-0.05, 0) is 13.8 Å². The number of imidazole rings is 1. The van der Waals surface area contributed by atoms with Crippen LogP contribution >= 0.6 is 0 Å². The van der Waals surface area contributed by atoms with Gasteiger partial charge in [0.15, 0.2) is 5.79 Å². The minimum atomic E-state index is -0.873. The predicted octanol–water partition coefficient (Wildman–Crippen LogP) is -0.428. The first-order valence-corrected chi connectivity index (χ1v) is 10.3. The summed E-state index contributed by atoms with van der Waals surface area (Å²) in [6.07, 6.45) is 4.20. The maximum absolute atomic E-state index is 12.4. The zero-order valence-corrected chi connectivity index (χ0v) is 17.7. The molecule has 1 amide bonds. The number of hydrogen-bond donors (Lipinski definition) is 2. The number of hydrogen-bond acceptors (Lipinski definition) is 7. The van der Waals surface area contributed by atoms with Crippen molar-refractivity contribution in [3.05, 3.63) is 51.3 Å². The van der Waals surface area contributed by atoms with Gasteiger partial charge in [-0.3, -0.25) is 19.1 Å². The first-order valence-electron chi connectivity index (χ1n) is 10.3. The van der Waals surface area contributed by atoms with Crippen molar-refractivity contribution in [1.29, 1.82) is 0 Å². The molecule has 168 valence electrons. The van der Waals surface area contributed by atoms with E-state index in [0.717, 1.165) is 12.2 Å². The summed E-state index contributed by atoms with van der Waals surface area (Å²) in [7, 11) is 0. The monoisotopic (exact) mass is 433 g/mol. The van der Waals surface area contributed by atoms with E-state index >= 15 is 0 Å². The second kappa shape index (κ2) is 8.40. The lowest BCUT2D eigenvalue weighted by Crippen LogP contribution is -2.54. The van der Waals surface area contributed by atoms with Crippen LogP contribution in [0.25, 0.3) is 0 Å². The van der Waals surface area contributed by atoms with Gasteiger partial charge in [-0.1, -0.05) is 6.92 Å². The molecule has 2 aliphatic rings. The first kappa shape index (κ1) is 21.5. The van der Waals surface area contributed by atoms with Crippen LogP contribution in [0, 0.1) is 0 Å². The molecule has 2 aliphatic heterocycles. The molecule has 11 nitrogen and oxygen atoms in total. The average Bonchev–Trinajstić information content (AvgIpc) is 3.29. The molecule has 4 atom stereocenters.